The quantitative estimate of drug-likeness (QED) is 0.771. The third-order valence-electron chi connectivity index (χ3n) is 4.32. The Kier molecular flexibility index (Phi) is 4.98. The van der Waals surface area contributed by atoms with Crippen molar-refractivity contribution in [2.45, 2.75) is 50.5 Å². The minimum atomic E-state index is -1.26. The van der Waals surface area contributed by atoms with Crippen molar-refractivity contribution in [2.75, 3.05) is 20.1 Å². The maximum Gasteiger partial charge on any atom is 0.282 e. The molecule has 5 nitrogen and oxygen atoms in total. The van der Waals surface area contributed by atoms with Crippen LogP contribution in [-0.4, -0.2) is 47.6 Å². The number of piperidine rings is 1. The van der Waals surface area contributed by atoms with Gasteiger partial charge in [-0.25, -0.2) is 4.39 Å². The Morgan fingerprint density at radius 3 is 2.62 bits per heavy atom. The molecule has 2 amide bonds. The van der Waals surface area contributed by atoms with E-state index in [9.17, 15) is 19.1 Å². The molecule has 1 atom stereocenters. The highest BCUT2D eigenvalue weighted by atomic mass is 19.1. The zero-order valence-electron chi connectivity index (χ0n) is 12.5. The van der Waals surface area contributed by atoms with Crippen LogP contribution in [0.1, 0.15) is 44.9 Å². The number of rotatable bonds is 3. The van der Waals surface area contributed by atoms with Gasteiger partial charge < -0.3 is 15.3 Å². The molecule has 1 aliphatic heterocycles. The summed E-state index contributed by atoms with van der Waals surface area (Å²) < 4.78 is 14.2. The third kappa shape index (κ3) is 3.81. The first-order chi connectivity index (χ1) is 9.95. The standard InChI is InChI=1S/C15H23FN2O3/c1-17-12(19)9-15(21)7-4-8-18(10-15)14(20)13(16)11-5-2-3-6-11/h21H,2-10H2,1H3,(H,17,19). The van der Waals surface area contributed by atoms with Crippen LogP contribution in [0.4, 0.5) is 4.39 Å². The SMILES string of the molecule is CNC(=O)CC1(O)CCCN(C(=O)C(F)=C2CCCC2)C1. The molecule has 0 bridgehead atoms. The number of nitrogens with zero attached hydrogens (tertiary/aromatic N) is 1. The number of carbonyl (C=O) groups excluding carboxylic acids is 2. The first-order valence-electron chi connectivity index (χ1n) is 7.55. The molecule has 2 N–H and O–H groups in total. The second kappa shape index (κ2) is 6.56. The minimum absolute atomic E-state index is 0.0138. The number of nitrogens with one attached hydrogen (secondary N) is 1. The molecule has 0 radical (unpaired) electrons. The van der Waals surface area contributed by atoms with Crippen LogP contribution in [0.25, 0.3) is 0 Å². The van der Waals surface area contributed by atoms with Crippen molar-refractivity contribution in [1.82, 2.24) is 10.2 Å². The smallest absolute Gasteiger partial charge is 0.282 e. The van der Waals surface area contributed by atoms with E-state index in [0.29, 0.717) is 37.8 Å². The monoisotopic (exact) mass is 298 g/mol. The molecule has 6 heteroatoms. The Labute approximate surface area is 124 Å². The fourth-order valence-corrected chi connectivity index (χ4v) is 3.13. The van der Waals surface area contributed by atoms with Crippen LogP contribution in [0.3, 0.4) is 0 Å². The maximum atomic E-state index is 14.2. The number of likely N-dealkylation sites (tertiary alicyclic amines) is 1. The van der Waals surface area contributed by atoms with Crippen molar-refractivity contribution in [2.24, 2.45) is 0 Å². The van der Waals surface area contributed by atoms with E-state index in [1.807, 2.05) is 0 Å². The summed E-state index contributed by atoms with van der Waals surface area (Å²) in [5, 5.41) is 12.9. The summed E-state index contributed by atoms with van der Waals surface area (Å²) in [6.45, 7) is 0.440. The highest BCUT2D eigenvalue weighted by molar-refractivity contribution is 5.92. The van der Waals surface area contributed by atoms with Gasteiger partial charge in [0.15, 0.2) is 5.83 Å². The lowest BCUT2D eigenvalue weighted by Gasteiger charge is -2.38. The van der Waals surface area contributed by atoms with Crippen molar-refractivity contribution in [3.8, 4) is 0 Å². The molecule has 2 fully saturated rings. The highest BCUT2D eigenvalue weighted by Crippen LogP contribution is 2.30. The average Bonchev–Trinajstić information content (AvgIpc) is 2.99. The number of allylic oxidation sites excluding steroid dienone is 1. The number of amides is 2. The second-order valence-electron chi connectivity index (χ2n) is 6.03. The summed E-state index contributed by atoms with van der Waals surface area (Å²) in [5.41, 5.74) is -0.658. The van der Waals surface area contributed by atoms with Crippen LogP contribution in [0.2, 0.25) is 0 Å². The number of β-amino-alcohol motifs (C(OH)–C–C–N with tert-alkyl or cyclic N) is 1. The molecule has 2 rings (SSSR count). The van der Waals surface area contributed by atoms with Crippen molar-refractivity contribution in [1.29, 1.82) is 0 Å². The average molecular weight is 298 g/mol. The van der Waals surface area contributed by atoms with Crippen LogP contribution in [0, 0.1) is 0 Å². The van der Waals surface area contributed by atoms with E-state index in [0.717, 1.165) is 12.8 Å². The Morgan fingerprint density at radius 1 is 1.33 bits per heavy atom. The lowest BCUT2D eigenvalue weighted by Crippen LogP contribution is -2.52. The van der Waals surface area contributed by atoms with Gasteiger partial charge in [0.05, 0.1) is 18.6 Å². The molecular weight excluding hydrogens is 275 g/mol. The van der Waals surface area contributed by atoms with Crippen LogP contribution in [0.5, 0.6) is 0 Å². The molecule has 1 saturated carbocycles. The predicted molar refractivity (Wildman–Crippen MR) is 76.0 cm³/mol. The number of hydrogen-bond acceptors (Lipinski definition) is 3. The Morgan fingerprint density at radius 2 is 2.00 bits per heavy atom. The zero-order valence-corrected chi connectivity index (χ0v) is 12.5. The Balaban J connectivity index is 2.05. The van der Waals surface area contributed by atoms with Gasteiger partial charge in [0.1, 0.15) is 0 Å². The van der Waals surface area contributed by atoms with E-state index >= 15 is 0 Å². The first kappa shape index (κ1) is 15.9. The second-order valence-corrected chi connectivity index (χ2v) is 6.03. The van der Waals surface area contributed by atoms with Gasteiger partial charge in [0.25, 0.3) is 5.91 Å². The molecule has 1 unspecified atom stereocenters. The van der Waals surface area contributed by atoms with E-state index in [1.54, 1.807) is 0 Å². The molecule has 2 aliphatic rings. The molecule has 1 aliphatic carbocycles. The highest BCUT2D eigenvalue weighted by Gasteiger charge is 2.38. The topological polar surface area (TPSA) is 69.6 Å². The van der Waals surface area contributed by atoms with Gasteiger partial charge in [0.2, 0.25) is 5.91 Å². The molecular formula is C15H23FN2O3. The molecule has 1 saturated heterocycles. The van der Waals surface area contributed by atoms with Crippen molar-refractivity contribution in [3.05, 3.63) is 11.4 Å². The van der Waals surface area contributed by atoms with E-state index in [4.69, 9.17) is 0 Å². The Hall–Kier alpha value is -1.43. The molecule has 0 aromatic rings. The molecule has 118 valence electrons. The molecule has 0 aromatic heterocycles. The predicted octanol–water partition coefficient (Wildman–Crippen LogP) is 1.27. The largest absolute Gasteiger partial charge is 0.388 e. The third-order valence-corrected chi connectivity index (χ3v) is 4.32. The van der Waals surface area contributed by atoms with Crippen LogP contribution < -0.4 is 5.32 Å². The summed E-state index contributed by atoms with van der Waals surface area (Å²) in [4.78, 5) is 25.0. The lowest BCUT2D eigenvalue weighted by molar-refractivity contribution is -0.140. The molecule has 0 aromatic carbocycles. The van der Waals surface area contributed by atoms with E-state index in [2.05, 4.69) is 5.32 Å². The first-order valence-corrected chi connectivity index (χ1v) is 7.55. The van der Waals surface area contributed by atoms with Crippen molar-refractivity contribution >= 4 is 11.8 Å². The van der Waals surface area contributed by atoms with Crippen LogP contribution in [-0.2, 0) is 9.59 Å². The summed E-state index contributed by atoms with van der Waals surface area (Å²) >= 11 is 0. The minimum Gasteiger partial charge on any atom is -0.388 e. The van der Waals surface area contributed by atoms with E-state index in [1.165, 1.54) is 11.9 Å². The van der Waals surface area contributed by atoms with Crippen LogP contribution >= 0.6 is 0 Å². The summed E-state index contributed by atoms with van der Waals surface area (Å²) in [6, 6.07) is 0. The number of carbonyl (C=O) groups is 2. The fraction of sp³-hybridized carbons (Fsp3) is 0.733. The van der Waals surface area contributed by atoms with Crippen molar-refractivity contribution in [3.63, 3.8) is 0 Å². The van der Waals surface area contributed by atoms with Gasteiger partial charge in [-0.15, -0.1) is 0 Å². The van der Waals surface area contributed by atoms with E-state index in [-0.39, 0.29) is 18.9 Å². The number of hydrogen-bond donors (Lipinski definition) is 2. The van der Waals surface area contributed by atoms with Gasteiger partial charge in [0, 0.05) is 13.6 Å². The van der Waals surface area contributed by atoms with Gasteiger partial charge in [-0.2, -0.15) is 0 Å². The van der Waals surface area contributed by atoms with E-state index < -0.39 is 17.3 Å². The molecule has 1 heterocycles. The van der Waals surface area contributed by atoms with Gasteiger partial charge in [-0.05, 0) is 44.1 Å². The van der Waals surface area contributed by atoms with Gasteiger partial charge in [-0.3, -0.25) is 9.59 Å². The number of halogens is 1. The maximum absolute atomic E-state index is 14.2. The van der Waals surface area contributed by atoms with Gasteiger partial charge >= 0.3 is 0 Å². The summed E-state index contributed by atoms with van der Waals surface area (Å²) in [6.07, 6.45) is 4.10. The lowest BCUT2D eigenvalue weighted by atomic mass is 9.89. The van der Waals surface area contributed by atoms with Crippen molar-refractivity contribution < 1.29 is 19.1 Å². The Bertz CT molecular complexity index is 456. The molecule has 21 heavy (non-hydrogen) atoms. The van der Waals surface area contributed by atoms with Crippen LogP contribution in [0.15, 0.2) is 11.4 Å². The fourth-order valence-electron chi connectivity index (χ4n) is 3.13. The normalized spacial score (nSPS) is 25.9. The summed E-state index contributed by atoms with van der Waals surface area (Å²) in [7, 11) is 1.50. The number of aliphatic hydroxyl groups is 1. The van der Waals surface area contributed by atoms with Gasteiger partial charge in [-0.1, -0.05) is 0 Å². The molecule has 0 spiro atoms. The summed E-state index contributed by atoms with van der Waals surface area (Å²) in [5.74, 6) is -1.57. The zero-order chi connectivity index (χ0) is 15.5.